The van der Waals surface area contributed by atoms with Gasteiger partial charge in [-0.05, 0) is 49.8 Å². The molecule has 0 saturated heterocycles. The first kappa shape index (κ1) is 26.2. The Bertz CT molecular complexity index is 645. The zero-order chi connectivity index (χ0) is 22.6. The number of carboxylic acid groups (broad SMARTS) is 1. The smallest absolute Gasteiger partial charge is 0.220 e. The largest absolute Gasteiger partial charge is 0.550 e. The molecule has 0 bridgehead atoms. The van der Waals surface area contributed by atoms with E-state index in [0.29, 0.717) is 17.4 Å². The molecule has 5 nitrogen and oxygen atoms in total. The quantitative estimate of drug-likeness (QED) is 0.351. The Labute approximate surface area is 183 Å². The van der Waals surface area contributed by atoms with Gasteiger partial charge in [-0.2, -0.15) is 0 Å². The van der Waals surface area contributed by atoms with Crippen molar-refractivity contribution in [3.05, 3.63) is 34.9 Å². The van der Waals surface area contributed by atoms with E-state index in [-0.39, 0.29) is 18.4 Å². The van der Waals surface area contributed by atoms with Crippen molar-refractivity contribution in [3.63, 3.8) is 0 Å². The van der Waals surface area contributed by atoms with Crippen LogP contribution in [0.1, 0.15) is 74.5 Å². The van der Waals surface area contributed by atoms with Crippen LogP contribution in [0.5, 0.6) is 0 Å². The van der Waals surface area contributed by atoms with Crippen LogP contribution in [-0.2, 0) is 16.0 Å². The van der Waals surface area contributed by atoms with E-state index >= 15 is 0 Å². The Hall–Kier alpha value is -1.88. The molecule has 1 aromatic carbocycles. The first-order valence-electron chi connectivity index (χ1n) is 11.4. The number of likely N-dealkylation sites (N-methyl/N-ethyl adjacent to an activating group) is 1. The lowest BCUT2D eigenvalue weighted by Crippen LogP contribution is -2.50. The van der Waals surface area contributed by atoms with Crippen molar-refractivity contribution in [1.29, 1.82) is 0 Å². The van der Waals surface area contributed by atoms with Crippen LogP contribution in [0.15, 0.2) is 18.2 Å². The van der Waals surface area contributed by atoms with Crippen molar-refractivity contribution in [2.45, 2.75) is 84.1 Å². The van der Waals surface area contributed by atoms with Gasteiger partial charge in [0.05, 0.1) is 33.7 Å². The Balaban J connectivity index is 2.12. The molecule has 0 aliphatic rings. The summed E-state index contributed by atoms with van der Waals surface area (Å²) in [7, 11) is 5.95. The van der Waals surface area contributed by atoms with E-state index in [4.69, 9.17) is 0 Å². The number of nitrogens with one attached hydrogen (secondary N) is 1. The Kier molecular flexibility index (Phi) is 11.7. The Morgan fingerprint density at radius 3 is 2.00 bits per heavy atom. The molecule has 1 amide bonds. The fourth-order valence-electron chi connectivity index (χ4n) is 4.04. The fourth-order valence-corrected chi connectivity index (χ4v) is 4.04. The van der Waals surface area contributed by atoms with Crippen LogP contribution in [0, 0.1) is 13.8 Å². The highest BCUT2D eigenvalue weighted by Gasteiger charge is 2.20. The average molecular weight is 419 g/mol. The van der Waals surface area contributed by atoms with Gasteiger partial charge >= 0.3 is 0 Å². The first-order chi connectivity index (χ1) is 14.1. The molecule has 0 radical (unpaired) electrons. The molecule has 0 saturated carbocycles. The summed E-state index contributed by atoms with van der Waals surface area (Å²) < 4.78 is 0.599. The molecule has 0 heterocycles. The predicted molar refractivity (Wildman–Crippen MR) is 121 cm³/mol. The highest BCUT2D eigenvalue weighted by atomic mass is 16.4. The summed E-state index contributed by atoms with van der Waals surface area (Å²) >= 11 is 0. The number of carbonyl (C=O) groups excluding carboxylic acids is 2. The molecule has 1 atom stereocenters. The van der Waals surface area contributed by atoms with E-state index in [1.807, 2.05) is 21.1 Å². The highest BCUT2D eigenvalue weighted by Crippen LogP contribution is 2.17. The Morgan fingerprint density at radius 2 is 1.47 bits per heavy atom. The van der Waals surface area contributed by atoms with Gasteiger partial charge in [0.25, 0.3) is 0 Å². The second kappa shape index (κ2) is 13.4. The topological polar surface area (TPSA) is 69.2 Å². The van der Waals surface area contributed by atoms with Crippen molar-refractivity contribution >= 4 is 11.9 Å². The number of carboxylic acids is 1. The highest BCUT2D eigenvalue weighted by molar-refractivity contribution is 5.77. The fraction of sp³-hybridized carbons (Fsp3) is 0.680. The summed E-state index contributed by atoms with van der Waals surface area (Å²) in [6, 6.07) is 6.14. The summed E-state index contributed by atoms with van der Waals surface area (Å²) in [6.07, 6.45) is 9.50. The lowest BCUT2D eigenvalue weighted by molar-refractivity contribution is -0.871. The number of nitrogens with zero attached hydrogens (tertiary/aromatic N) is 1. The van der Waals surface area contributed by atoms with E-state index in [0.717, 1.165) is 19.3 Å². The second-order valence-corrected chi connectivity index (χ2v) is 9.66. The standard InChI is InChI=1S/C25H42N2O3/c1-20-14-13-15-21(2)23(20)16-11-9-7-6-8-10-12-17-24(28)26-22(18-25(29)30)19-27(3,4)5/h13-15,22H,6-12,16-19H2,1-5H3,(H-,26,28,29,30). The van der Waals surface area contributed by atoms with E-state index in [1.54, 1.807) is 0 Å². The van der Waals surface area contributed by atoms with Gasteiger partial charge in [0.1, 0.15) is 0 Å². The molecule has 1 rings (SSSR count). The minimum absolute atomic E-state index is 0.0525. The van der Waals surface area contributed by atoms with Crippen molar-refractivity contribution in [2.75, 3.05) is 27.7 Å². The zero-order valence-electron chi connectivity index (χ0n) is 19.8. The van der Waals surface area contributed by atoms with E-state index < -0.39 is 5.97 Å². The SMILES string of the molecule is Cc1cccc(C)c1CCCCCCCCCC(=O)NC(CC(=O)[O-])C[N+](C)(C)C. The molecular weight excluding hydrogens is 376 g/mol. The number of hydrogen-bond acceptors (Lipinski definition) is 3. The lowest BCUT2D eigenvalue weighted by Gasteiger charge is -2.30. The summed E-state index contributed by atoms with van der Waals surface area (Å²) in [5, 5.41) is 13.8. The third kappa shape index (κ3) is 12.0. The van der Waals surface area contributed by atoms with Crippen LogP contribution in [0.25, 0.3) is 0 Å². The number of benzene rings is 1. The first-order valence-corrected chi connectivity index (χ1v) is 11.4. The van der Waals surface area contributed by atoms with Crippen LogP contribution in [0.2, 0.25) is 0 Å². The summed E-state index contributed by atoms with van der Waals surface area (Å²) in [6.45, 7) is 4.96. The van der Waals surface area contributed by atoms with Crippen molar-refractivity contribution in [1.82, 2.24) is 5.32 Å². The van der Waals surface area contributed by atoms with Crippen LogP contribution < -0.4 is 10.4 Å². The van der Waals surface area contributed by atoms with Crippen LogP contribution in [0.3, 0.4) is 0 Å². The van der Waals surface area contributed by atoms with Gasteiger partial charge < -0.3 is 19.7 Å². The number of amides is 1. The number of carbonyl (C=O) groups is 2. The van der Waals surface area contributed by atoms with E-state index in [9.17, 15) is 14.7 Å². The minimum atomic E-state index is -1.12. The van der Waals surface area contributed by atoms with Gasteiger partial charge in [-0.15, -0.1) is 0 Å². The normalized spacial score (nSPS) is 12.6. The van der Waals surface area contributed by atoms with Gasteiger partial charge in [-0.25, -0.2) is 0 Å². The predicted octanol–water partition coefficient (Wildman–Crippen LogP) is 3.30. The number of quaternary nitrogens is 1. The number of aliphatic carboxylic acids is 1. The average Bonchev–Trinajstić information content (AvgIpc) is 2.60. The summed E-state index contributed by atoms with van der Waals surface area (Å²) in [5.41, 5.74) is 4.30. The molecule has 0 fully saturated rings. The number of unbranched alkanes of at least 4 members (excludes halogenated alkanes) is 6. The summed E-state index contributed by atoms with van der Waals surface area (Å²) in [5.74, 6) is -1.17. The Morgan fingerprint density at radius 1 is 0.933 bits per heavy atom. The number of rotatable bonds is 15. The van der Waals surface area contributed by atoms with Crippen LogP contribution in [0.4, 0.5) is 0 Å². The molecule has 0 spiro atoms. The molecule has 1 N–H and O–H groups in total. The summed E-state index contributed by atoms with van der Waals surface area (Å²) in [4.78, 5) is 23.1. The van der Waals surface area contributed by atoms with Gasteiger partial charge in [0.15, 0.2) is 0 Å². The zero-order valence-corrected chi connectivity index (χ0v) is 19.8. The third-order valence-electron chi connectivity index (χ3n) is 5.52. The van der Waals surface area contributed by atoms with Crippen LogP contribution in [-0.4, -0.2) is 50.1 Å². The number of hydrogen-bond donors (Lipinski definition) is 1. The number of aryl methyl sites for hydroxylation is 2. The monoisotopic (exact) mass is 418 g/mol. The molecule has 1 aromatic rings. The molecule has 170 valence electrons. The van der Waals surface area contributed by atoms with Gasteiger partial charge in [-0.1, -0.05) is 50.3 Å². The van der Waals surface area contributed by atoms with Gasteiger partial charge in [0, 0.05) is 18.8 Å². The van der Waals surface area contributed by atoms with Gasteiger partial charge in [0.2, 0.25) is 5.91 Å². The maximum atomic E-state index is 12.2. The molecule has 0 aromatic heterocycles. The molecule has 0 aliphatic heterocycles. The van der Waals surface area contributed by atoms with Crippen molar-refractivity contribution in [3.8, 4) is 0 Å². The van der Waals surface area contributed by atoms with E-state index in [1.165, 1.54) is 48.8 Å². The van der Waals surface area contributed by atoms with Crippen molar-refractivity contribution < 1.29 is 19.2 Å². The lowest BCUT2D eigenvalue weighted by atomic mass is 9.97. The van der Waals surface area contributed by atoms with Crippen LogP contribution >= 0.6 is 0 Å². The second-order valence-electron chi connectivity index (χ2n) is 9.66. The van der Waals surface area contributed by atoms with Gasteiger partial charge in [-0.3, -0.25) is 4.79 Å². The maximum absolute atomic E-state index is 12.2. The molecule has 30 heavy (non-hydrogen) atoms. The molecule has 0 aliphatic carbocycles. The molecule has 5 heteroatoms. The van der Waals surface area contributed by atoms with E-state index in [2.05, 4.69) is 37.4 Å². The van der Waals surface area contributed by atoms with Crippen molar-refractivity contribution in [2.24, 2.45) is 0 Å². The molecular formula is C25H42N2O3. The maximum Gasteiger partial charge on any atom is 0.220 e. The third-order valence-corrected chi connectivity index (χ3v) is 5.52. The minimum Gasteiger partial charge on any atom is -0.550 e. The molecule has 1 unspecified atom stereocenters.